The number of carbonyl (C=O) groups is 1. The summed E-state index contributed by atoms with van der Waals surface area (Å²) in [4.78, 5) is 18.7. The second-order valence-electron chi connectivity index (χ2n) is 6.29. The molecule has 1 saturated heterocycles. The molecular formula is C20H20N4O3. The number of hydrogen-bond acceptors (Lipinski definition) is 5. The van der Waals surface area contributed by atoms with E-state index >= 15 is 0 Å². The Morgan fingerprint density at radius 1 is 1.15 bits per heavy atom. The van der Waals surface area contributed by atoms with E-state index in [4.69, 9.17) is 9.47 Å². The van der Waals surface area contributed by atoms with Crippen LogP contribution in [0.15, 0.2) is 67.3 Å². The van der Waals surface area contributed by atoms with Gasteiger partial charge in [-0.2, -0.15) is 5.10 Å². The smallest absolute Gasteiger partial charge is 0.254 e. The van der Waals surface area contributed by atoms with Gasteiger partial charge in [0.25, 0.3) is 5.91 Å². The van der Waals surface area contributed by atoms with Crippen LogP contribution in [0.2, 0.25) is 0 Å². The molecule has 0 spiro atoms. The second kappa shape index (κ2) is 8.01. The number of hydrogen-bond donors (Lipinski definition) is 0. The number of nitrogens with zero attached hydrogens (tertiary/aromatic N) is 4. The van der Waals surface area contributed by atoms with E-state index in [1.807, 2.05) is 34.0 Å². The summed E-state index contributed by atoms with van der Waals surface area (Å²) in [6, 6.07) is 12.7. The number of morpholine rings is 1. The van der Waals surface area contributed by atoms with E-state index in [1.165, 1.54) is 0 Å². The van der Waals surface area contributed by atoms with Crippen LogP contribution in [0.5, 0.6) is 11.5 Å². The molecule has 3 aromatic rings. The molecule has 1 atom stereocenters. The molecule has 27 heavy (non-hydrogen) atoms. The van der Waals surface area contributed by atoms with Gasteiger partial charge < -0.3 is 14.4 Å². The summed E-state index contributed by atoms with van der Waals surface area (Å²) in [5.74, 6) is 1.32. The third kappa shape index (κ3) is 4.32. The van der Waals surface area contributed by atoms with Crippen LogP contribution in [0.3, 0.4) is 0 Å². The lowest BCUT2D eigenvalue weighted by atomic mass is 10.1. The summed E-state index contributed by atoms with van der Waals surface area (Å²) in [5.41, 5.74) is 0.633. The maximum atomic E-state index is 12.8. The molecule has 1 aliphatic rings. The molecule has 1 aliphatic heterocycles. The molecule has 1 amide bonds. The van der Waals surface area contributed by atoms with Gasteiger partial charge in [0.2, 0.25) is 0 Å². The van der Waals surface area contributed by atoms with E-state index in [2.05, 4.69) is 10.1 Å². The van der Waals surface area contributed by atoms with Crippen molar-refractivity contribution in [2.45, 2.75) is 12.6 Å². The fourth-order valence-corrected chi connectivity index (χ4v) is 3.02. The molecule has 0 bridgehead atoms. The third-order valence-corrected chi connectivity index (χ3v) is 4.35. The van der Waals surface area contributed by atoms with Crippen molar-refractivity contribution < 1.29 is 14.3 Å². The maximum Gasteiger partial charge on any atom is 0.254 e. The molecule has 0 radical (unpaired) electrons. The molecule has 7 nitrogen and oxygen atoms in total. The predicted molar refractivity (Wildman–Crippen MR) is 98.6 cm³/mol. The second-order valence-corrected chi connectivity index (χ2v) is 6.29. The number of carbonyl (C=O) groups excluding carboxylic acids is 1. The molecule has 7 heteroatoms. The molecule has 0 unspecified atom stereocenters. The zero-order valence-electron chi connectivity index (χ0n) is 14.8. The topological polar surface area (TPSA) is 69.5 Å². The van der Waals surface area contributed by atoms with E-state index in [0.29, 0.717) is 43.3 Å². The fraction of sp³-hybridized carbons (Fsp3) is 0.250. The van der Waals surface area contributed by atoms with Crippen molar-refractivity contribution in [1.29, 1.82) is 0 Å². The summed E-state index contributed by atoms with van der Waals surface area (Å²) < 4.78 is 13.3. The van der Waals surface area contributed by atoms with E-state index < -0.39 is 0 Å². The molecule has 2 aromatic heterocycles. The van der Waals surface area contributed by atoms with Crippen molar-refractivity contribution in [2.75, 3.05) is 19.7 Å². The Morgan fingerprint density at radius 3 is 2.78 bits per heavy atom. The van der Waals surface area contributed by atoms with Crippen LogP contribution in [-0.2, 0) is 11.3 Å². The summed E-state index contributed by atoms with van der Waals surface area (Å²) in [5, 5.41) is 4.20. The van der Waals surface area contributed by atoms with E-state index in [0.717, 1.165) is 0 Å². The molecule has 1 fully saturated rings. The third-order valence-electron chi connectivity index (χ3n) is 4.35. The largest absolute Gasteiger partial charge is 0.456 e. The molecule has 4 rings (SSSR count). The van der Waals surface area contributed by atoms with Crippen LogP contribution in [0.25, 0.3) is 0 Å². The van der Waals surface area contributed by atoms with E-state index in [9.17, 15) is 4.79 Å². The van der Waals surface area contributed by atoms with Crippen LogP contribution in [0.4, 0.5) is 0 Å². The molecular weight excluding hydrogens is 344 g/mol. The quantitative estimate of drug-likeness (QED) is 0.696. The minimum Gasteiger partial charge on any atom is -0.456 e. The highest BCUT2D eigenvalue weighted by Crippen LogP contribution is 2.21. The standard InChI is InChI=1S/C20H20N4O3/c25-20(23-11-12-26-19(14-23)15-24-10-2-9-22-24)16-4-6-17(7-5-16)27-18-3-1-8-21-13-18/h1-10,13,19H,11-12,14-15H2/t19-/m1/s1. The van der Waals surface area contributed by atoms with Crippen molar-refractivity contribution in [3.8, 4) is 11.5 Å². The highest BCUT2D eigenvalue weighted by Gasteiger charge is 2.25. The van der Waals surface area contributed by atoms with Gasteiger partial charge in [-0.05, 0) is 42.5 Å². The number of rotatable bonds is 5. The lowest BCUT2D eigenvalue weighted by Gasteiger charge is -2.33. The summed E-state index contributed by atoms with van der Waals surface area (Å²) >= 11 is 0. The van der Waals surface area contributed by atoms with Gasteiger partial charge in [0.05, 0.1) is 25.5 Å². The Balaban J connectivity index is 1.38. The first-order chi connectivity index (χ1) is 13.3. The van der Waals surface area contributed by atoms with Crippen LogP contribution >= 0.6 is 0 Å². The van der Waals surface area contributed by atoms with Crippen LogP contribution in [-0.4, -0.2) is 51.4 Å². The Kier molecular flexibility index (Phi) is 5.11. The van der Waals surface area contributed by atoms with Gasteiger partial charge in [-0.1, -0.05) is 0 Å². The van der Waals surface area contributed by atoms with Gasteiger partial charge >= 0.3 is 0 Å². The van der Waals surface area contributed by atoms with Crippen molar-refractivity contribution in [2.24, 2.45) is 0 Å². The first-order valence-corrected chi connectivity index (χ1v) is 8.84. The van der Waals surface area contributed by atoms with Crippen molar-refractivity contribution in [1.82, 2.24) is 19.7 Å². The first-order valence-electron chi connectivity index (χ1n) is 8.84. The van der Waals surface area contributed by atoms with E-state index in [-0.39, 0.29) is 12.0 Å². The summed E-state index contributed by atoms with van der Waals surface area (Å²) in [6.45, 7) is 2.30. The van der Waals surface area contributed by atoms with Crippen LogP contribution in [0.1, 0.15) is 10.4 Å². The molecule has 1 aromatic carbocycles. The SMILES string of the molecule is O=C(c1ccc(Oc2cccnc2)cc1)N1CCO[C@@H](Cn2cccn2)C1. The Morgan fingerprint density at radius 2 is 2.04 bits per heavy atom. The Labute approximate surface area is 157 Å². The van der Waals surface area contributed by atoms with Crippen molar-refractivity contribution in [3.05, 3.63) is 72.8 Å². The molecule has 138 valence electrons. The highest BCUT2D eigenvalue weighted by molar-refractivity contribution is 5.94. The molecule has 0 aliphatic carbocycles. The Bertz CT molecular complexity index is 866. The number of amides is 1. The fourth-order valence-electron chi connectivity index (χ4n) is 3.02. The highest BCUT2D eigenvalue weighted by atomic mass is 16.5. The number of aromatic nitrogens is 3. The molecule has 3 heterocycles. The van der Waals surface area contributed by atoms with Gasteiger partial charge in [0.1, 0.15) is 11.5 Å². The zero-order valence-corrected chi connectivity index (χ0v) is 14.8. The van der Waals surface area contributed by atoms with Gasteiger partial charge in [0.15, 0.2) is 0 Å². The van der Waals surface area contributed by atoms with Crippen LogP contribution < -0.4 is 4.74 Å². The normalized spacial score (nSPS) is 16.9. The van der Waals surface area contributed by atoms with Crippen LogP contribution in [0, 0.1) is 0 Å². The molecule has 0 saturated carbocycles. The molecule has 0 N–H and O–H groups in total. The maximum absolute atomic E-state index is 12.8. The first kappa shape index (κ1) is 17.2. The van der Waals surface area contributed by atoms with Gasteiger partial charge in [-0.15, -0.1) is 0 Å². The van der Waals surface area contributed by atoms with Gasteiger partial charge in [0, 0.05) is 37.2 Å². The minimum absolute atomic E-state index is 0.00306. The number of ether oxygens (including phenoxy) is 2. The summed E-state index contributed by atoms with van der Waals surface area (Å²) in [6.07, 6.45) is 6.91. The summed E-state index contributed by atoms with van der Waals surface area (Å²) in [7, 11) is 0. The average Bonchev–Trinajstić information content (AvgIpc) is 3.22. The number of pyridine rings is 1. The van der Waals surface area contributed by atoms with Gasteiger partial charge in [-0.3, -0.25) is 14.5 Å². The average molecular weight is 364 g/mol. The Hall–Kier alpha value is -3.19. The lowest BCUT2D eigenvalue weighted by Crippen LogP contribution is -2.47. The lowest BCUT2D eigenvalue weighted by molar-refractivity contribution is -0.0299. The van der Waals surface area contributed by atoms with Gasteiger partial charge in [-0.25, -0.2) is 0 Å². The zero-order chi connectivity index (χ0) is 18.5. The van der Waals surface area contributed by atoms with Crippen molar-refractivity contribution in [3.63, 3.8) is 0 Å². The number of benzene rings is 1. The monoisotopic (exact) mass is 364 g/mol. The van der Waals surface area contributed by atoms with E-state index in [1.54, 1.807) is 42.9 Å². The predicted octanol–water partition coefficient (Wildman–Crippen LogP) is 2.61. The van der Waals surface area contributed by atoms with Crippen molar-refractivity contribution >= 4 is 5.91 Å². The minimum atomic E-state index is -0.0595.